The highest BCUT2D eigenvalue weighted by atomic mass is 19.2. The Morgan fingerprint density at radius 1 is 1.11 bits per heavy atom. The fourth-order valence-electron chi connectivity index (χ4n) is 2.88. The molecule has 0 atom stereocenters. The first kappa shape index (κ1) is 18.9. The van der Waals surface area contributed by atoms with E-state index in [1.807, 2.05) is 0 Å². The molecule has 0 spiro atoms. The number of anilines is 1. The molecule has 1 fully saturated rings. The Morgan fingerprint density at radius 2 is 1.81 bits per heavy atom. The fourth-order valence-corrected chi connectivity index (χ4v) is 2.88. The third kappa shape index (κ3) is 4.10. The lowest BCUT2D eigenvalue weighted by molar-refractivity contribution is 0.0691. The summed E-state index contributed by atoms with van der Waals surface area (Å²) in [4.78, 5) is 30.6. The maximum atomic E-state index is 13.7. The SMILES string of the molecule is CC1CCN(C(=O)c2cc(C(=O)Nc3ccc(F)c(F)c3F)ccn2)CC1. The van der Waals surface area contributed by atoms with Crippen LogP contribution in [0.2, 0.25) is 0 Å². The first-order valence-corrected chi connectivity index (χ1v) is 8.57. The number of carbonyl (C=O) groups is 2. The van der Waals surface area contributed by atoms with E-state index in [2.05, 4.69) is 17.2 Å². The predicted molar refractivity (Wildman–Crippen MR) is 92.8 cm³/mol. The van der Waals surface area contributed by atoms with Gasteiger partial charge in [0.2, 0.25) is 0 Å². The van der Waals surface area contributed by atoms with Gasteiger partial charge < -0.3 is 10.2 Å². The maximum absolute atomic E-state index is 13.7. The number of amides is 2. The van der Waals surface area contributed by atoms with E-state index in [0.29, 0.717) is 25.1 Å². The molecule has 0 unspecified atom stereocenters. The van der Waals surface area contributed by atoms with E-state index < -0.39 is 29.0 Å². The topological polar surface area (TPSA) is 62.3 Å². The van der Waals surface area contributed by atoms with Crippen molar-refractivity contribution in [3.8, 4) is 0 Å². The fraction of sp³-hybridized carbons (Fsp3) is 0.316. The third-order valence-corrected chi connectivity index (χ3v) is 4.60. The number of halogens is 3. The number of likely N-dealkylation sites (tertiary alicyclic amines) is 1. The summed E-state index contributed by atoms with van der Waals surface area (Å²) in [6.45, 7) is 3.37. The molecule has 2 heterocycles. The van der Waals surface area contributed by atoms with Crippen molar-refractivity contribution in [1.82, 2.24) is 9.88 Å². The van der Waals surface area contributed by atoms with Crippen molar-refractivity contribution in [2.45, 2.75) is 19.8 Å². The first-order valence-electron chi connectivity index (χ1n) is 8.57. The van der Waals surface area contributed by atoms with E-state index in [1.54, 1.807) is 4.90 Å². The minimum Gasteiger partial charge on any atom is -0.337 e. The number of nitrogens with one attached hydrogen (secondary N) is 1. The zero-order chi connectivity index (χ0) is 19.6. The highest BCUT2D eigenvalue weighted by Gasteiger charge is 2.23. The Balaban J connectivity index is 1.76. The molecule has 0 bridgehead atoms. The molecule has 1 saturated heterocycles. The van der Waals surface area contributed by atoms with Crippen LogP contribution in [0.4, 0.5) is 18.9 Å². The molecule has 1 aliphatic heterocycles. The maximum Gasteiger partial charge on any atom is 0.272 e. The van der Waals surface area contributed by atoms with Crippen LogP contribution in [0.3, 0.4) is 0 Å². The minimum absolute atomic E-state index is 0.0582. The van der Waals surface area contributed by atoms with Crippen LogP contribution in [-0.4, -0.2) is 34.8 Å². The van der Waals surface area contributed by atoms with Crippen LogP contribution in [0.15, 0.2) is 30.5 Å². The first-order chi connectivity index (χ1) is 12.9. The second-order valence-electron chi connectivity index (χ2n) is 6.58. The van der Waals surface area contributed by atoms with Crippen LogP contribution >= 0.6 is 0 Å². The predicted octanol–water partition coefficient (Wildman–Crippen LogP) is 3.62. The van der Waals surface area contributed by atoms with Gasteiger partial charge in [-0.15, -0.1) is 0 Å². The number of pyridine rings is 1. The number of benzene rings is 1. The average Bonchev–Trinajstić information content (AvgIpc) is 2.68. The Bertz CT molecular complexity index is 880. The van der Waals surface area contributed by atoms with Gasteiger partial charge in [0, 0.05) is 24.8 Å². The molecule has 5 nitrogen and oxygen atoms in total. The van der Waals surface area contributed by atoms with E-state index >= 15 is 0 Å². The van der Waals surface area contributed by atoms with Crippen LogP contribution in [0.5, 0.6) is 0 Å². The van der Waals surface area contributed by atoms with Crippen molar-refractivity contribution in [2.75, 3.05) is 18.4 Å². The Morgan fingerprint density at radius 3 is 2.52 bits per heavy atom. The van der Waals surface area contributed by atoms with Gasteiger partial charge in [0.1, 0.15) is 5.69 Å². The normalized spacial score (nSPS) is 14.9. The average molecular weight is 377 g/mol. The van der Waals surface area contributed by atoms with E-state index in [0.717, 1.165) is 18.9 Å². The molecule has 2 amide bonds. The lowest BCUT2D eigenvalue weighted by Crippen LogP contribution is -2.38. The summed E-state index contributed by atoms with van der Waals surface area (Å²) in [5, 5.41) is 2.17. The zero-order valence-corrected chi connectivity index (χ0v) is 14.6. The van der Waals surface area contributed by atoms with E-state index in [1.165, 1.54) is 18.3 Å². The van der Waals surface area contributed by atoms with Crippen molar-refractivity contribution in [1.29, 1.82) is 0 Å². The molecule has 0 radical (unpaired) electrons. The van der Waals surface area contributed by atoms with E-state index in [4.69, 9.17) is 0 Å². The number of hydrogen-bond acceptors (Lipinski definition) is 3. The molecular formula is C19H18F3N3O2. The lowest BCUT2D eigenvalue weighted by atomic mass is 9.99. The molecule has 8 heteroatoms. The number of carbonyl (C=O) groups excluding carboxylic acids is 2. The van der Waals surface area contributed by atoms with Crippen molar-refractivity contribution in [2.24, 2.45) is 5.92 Å². The van der Waals surface area contributed by atoms with Crippen molar-refractivity contribution in [3.05, 3.63) is 59.2 Å². The number of piperidine rings is 1. The molecule has 1 aromatic heterocycles. The standard InChI is InChI=1S/C19H18F3N3O2/c1-11-5-8-25(9-6-11)19(27)15-10-12(4-7-23-15)18(26)24-14-3-2-13(20)16(21)17(14)22/h2-4,7,10-11H,5-6,8-9H2,1H3,(H,24,26). The summed E-state index contributed by atoms with van der Waals surface area (Å²) in [5.41, 5.74) is -0.334. The second-order valence-corrected chi connectivity index (χ2v) is 6.58. The van der Waals surface area contributed by atoms with Crippen LogP contribution in [0.1, 0.15) is 40.6 Å². The molecule has 0 aliphatic carbocycles. The summed E-state index contributed by atoms with van der Waals surface area (Å²) in [7, 11) is 0. The Labute approximate surface area is 154 Å². The van der Waals surface area contributed by atoms with Crippen molar-refractivity contribution in [3.63, 3.8) is 0 Å². The molecule has 1 N–H and O–H groups in total. The van der Waals surface area contributed by atoms with Crippen LogP contribution < -0.4 is 5.32 Å². The highest BCUT2D eigenvalue weighted by molar-refractivity contribution is 6.05. The lowest BCUT2D eigenvalue weighted by Gasteiger charge is -2.30. The largest absolute Gasteiger partial charge is 0.337 e. The van der Waals surface area contributed by atoms with Gasteiger partial charge in [-0.1, -0.05) is 6.92 Å². The van der Waals surface area contributed by atoms with Crippen LogP contribution in [-0.2, 0) is 0 Å². The number of aromatic nitrogens is 1. The molecule has 3 rings (SSSR count). The van der Waals surface area contributed by atoms with Gasteiger partial charge in [-0.3, -0.25) is 14.6 Å². The van der Waals surface area contributed by atoms with Gasteiger partial charge >= 0.3 is 0 Å². The van der Waals surface area contributed by atoms with Gasteiger partial charge in [-0.2, -0.15) is 0 Å². The quantitative estimate of drug-likeness (QED) is 0.831. The number of hydrogen-bond donors (Lipinski definition) is 1. The molecular weight excluding hydrogens is 359 g/mol. The highest BCUT2D eigenvalue weighted by Crippen LogP contribution is 2.21. The molecule has 142 valence electrons. The molecule has 1 aliphatic rings. The summed E-state index contributed by atoms with van der Waals surface area (Å²) in [5.74, 6) is -4.99. The third-order valence-electron chi connectivity index (χ3n) is 4.60. The number of nitrogens with zero attached hydrogens (tertiary/aromatic N) is 2. The van der Waals surface area contributed by atoms with Gasteiger partial charge in [0.05, 0.1) is 5.69 Å². The smallest absolute Gasteiger partial charge is 0.272 e. The Hall–Kier alpha value is -2.90. The zero-order valence-electron chi connectivity index (χ0n) is 14.6. The summed E-state index contributed by atoms with van der Waals surface area (Å²) < 4.78 is 40.0. The molecule has 1 aromatic carbocycles. The van der Waals surface area contributed by atoms with Crippen LogP contribution in [0.25, 0.3) is 0 Å². The van der Waals surface area contributed by atoms with Crippen molar-refractivity contribution < 1.29 is 22.8 Å². The molecule has 27 heavy (non-hydrogen) atoms. The molecule has 2 aromatic rings. The summed E-state index contributed by atoms with van der Waals surface area (Å²) >= 11 is 0. The summed E-state index contributed by atoms with van der Waals surface area (Å²) in [6, 6.07) is 4.29. The van der Waals surface area contributed by atoms with Gasteiger partial charge in [-0.25, -0.2) is 13.2 Å². The number of rotatable bonds is 3. The van der Waals surface area contributed by atoms with E-state index in [9.17, 15) is 22.8 Å². The van der Waals surface area contributed by atoms with E-state index in [-0.39, 0.29) is 17.2 Å². The molecule has 0 saturated carbocycles. The second kappa shape index (κ2) is 7.77. The summed E-state index contributed by atoms with van der Waals surface area (Å²) in [6.07, 6.45) is 3.11. The van der Waals surface area contributed by atoms with Gasteiger partial charge in [0.15, 0.2) is 17.5 Å². The van der Waals surface area contributed by atoms with Crippen molar-refractivity contribution >= 4 is 17.5 Å². The van der Waals surface area contributed by atoms with Crippen LogP contribution in [0, 0.1) is 23.4 Å². The minimum atomic E-state index is -1.67. The Kier molecular flexibility index (Phi) is 5.43. The monoisotopic (exact) mass is 377 g/mol. The van der Waals surface area contributed by atoms with Gasteiger partial charge in [0.25, 0.3) is 11.8 Å². The van der Waals surface area contributed by atoms with Gasteiger partial charge in [-0.05, 0) is 43.0 Å².